The summed E-state index contributed by atoms with van der Waals surface area (Å²) in [5.41, 5.74) is 2.82. The van der Waals surface area contributed by atoms with Crippen molar-refractivity contribution < 1.29 is 0 Å². The number of hydrogen-bond donors (Lipinski definition) is 0. The lowest BCUT2D eigenvalue weighted by Crippen LogP contribution is -1.83. The number of aryl methyl sites for hydroxylation is 2. The minimum atomic E-state index is 1.23. The molecule has 94 valence electrons. The van der Waals surface area contributed by atoms with Crippen molar-refractivity contribution in [3.63, 3.8) is 0 Å². The first-order valence-corrected chi connectivity index (χ1v) is 6.80. The molecule has 0 saturated heterocycles. The third-order valence-electron chi connectivity index (χ3n) is 1.94. The monoisotopic (exact) mass is 222 g/mol. The maximum atomic E-state index is 2.23. The Balaban J connectivity index is 0. The van der Waals surface area contributed by atoms with Crippen molar-refractivity contribution >= 4 is 0 Å². The largest absolute Gasteiger partial charge is 0.0683 e. The van der Waals surface area contributed by atoms with Crippen molar-refractivity contribution in [1.29, 1.82) is 0 Å². The maximum absolute atomic E-state index is 2.23. The van der Waals surface area contributed by atoms with Crippen LogP contribution in [0, 0.1) is 6.92 Å². The molecule has 0 amide bonds. The van der Waals surface area contributed by atoms with Gasteiger partial charge in [-0.3, -0.25) is 0 Å². The molecule has 1 aromatic carbocycles. The lowest BCUT2D eigenvalue weighted by atomic mass is 10.1. The first kappa shape index (κ1) is 17.6. The van der Waals surface area contributed by atoms with Gasteiger partial charge in [0.05, 0.1) is 0 Å². The Morgan fingerprint density at radius 2 is 1.31 bits per heavy atom. The van der Waals surface area contributed by atoms with Crippen LogP contribution >= 0.6 is 0 Å². The molecule has 1 aromatic rings. The Morgan fingerprint density at radius 1 is 0.875 bits per heavy atom. The van der Waals surface area contributed by atoms with Gasteiger partial charge in [-0.2, -0.15) is 0 Å². The van der Waals surface area contributed by atoms with Gasteiger partial charge >= 0.3 is 0 Å². The zero-order valence-electron chi connectivity index (χ0n) is 12.1. The van der Waals surface area contributed by atoms with E-state index in [1.165, 1.54) is 36.8 Å². The van der Waals surface area contributed by atoms with Gasteiger partial charge in [0, 0.05) is 0 Å². The summed E-state index contributed by atoms with van der Waals surface area (Å²) in [6.07, 6.45) is 5.08. The Bertz CT molecular complexity index is 208. The molecular weight excluding hydrogens is 192 g/mol. The summed E-state index contributed by atoms with van der Waals surface area (Å²) in [4.78, 5) is 0. The fourth-order valence-electron chi connectivity index (χ4n) is 1.14. The summed E-state index contributed by atoms with van der Waals surface area (Å²) in [5, 5.41) is 0. The summed E-state index contributed by atoms with van der Waals surface area (Å²) in [6.45, 7) is 12.6. The molecule has 0 saturated carbocycles. The average molecular weight is 222 g/mol. The molecule has 0 aliphatic carbocycles. The molecule has 0 aliphatic rings. The van der Waals surface area contributed by atoms with E-state index in [9.17, 15) is 0 Å². The van der Waals surface area contributed by atoms with E-state index in [1.54, 1.807) is 0 Å². The molecule has 16 heavy (non-hydrogen) atoms. The van der Waals surface area contributed by atoms with Gasteiger partial charge in [-0.1, -0.05) is 77.3 Å². The van der Waals surface area contributed by atoms with Gasteiger partial charge in [-0.05, 0) is 25.3 Å². The van der Waals surface area contributed by atoms with Crippen LogP contribution in [-0.4, -0.2) is 0 Å². The van der Waals surface area contributed by atoms with Crippen LogP contribution in [0.5, 0.6) is 0 Å². The SMILES string of the molecule is CC.CCC.CCCCc1ccc(C)cc1. The minimum absolute atomic E-state index is 1.23. The van der Waals surface area contributed by atoms with Gasteiger partial charge in [0.25, 0.3) is 0 Å². The van der Waals surface area contributed by atoms with E-state index < -0.39 is 0 Å². The molecule has 0 unspecified atom stereocenters. The highest BCUT2D eigenvalue weighted by Crippen LogP contribution is 2.06. The molecule has 0 spiro atoms. The molecule has 0 radical (unpaired) electrons. The third kappa shape index (κ3) is 11.3. The Kier molecular flexibility index (Phi) is 15.7. The van der Waals surface area contributed by atoms with Crippen LogP contribution in [0.3, 0.4) is 0 Å². The Hall–Kier alpha value is -0.780. The molecule has 0 heteroatoms. The zero-order valence-corrected chi connectivity index (χ0v) is 12.1. The number of hydrogen-bond acceptors (Lipinski definition) is 0. The molecule has 0 nitrogen and oxygen atoms in total. The van der Waals surface area contributed by atoms with E-state index in [0.717, 1.165) is 0 Å². The van der Waals surface area contributed by atoms with Crippen LogP contribution in [0.2, 0.25) is 0 Å². The van der Waals surface area contributed by atoms with Crippen LogP contribution in [0.4, 0.5) is 0 Å². The normalized spacial score (nSPS) is 8.38. The molecule has 0 aromatic heterocycles. The fourth-order valence-corrected chi connectivity index (χ4v) is 1.14. The number of benzene rings is 1. The van der Waals surface area contributed by atoms with Crippen molar-refractivity contribution in [2.45, 2.75) is 67.2 Å². The van der Waals surface area contributed by atoms with Crippen molar-refractivity contribution in [2.75, 3.05) is 0 Å². The second-order valence-corrected chi connectivity index (χ2v) is 3.80. The molecule has 0 bridgehead atoms. The summed E-state index contributed by atoms with van der Waals surface area (Å²) < 4.78 is 0. The summed E-state index contributed by atoms with van der Waals surface area (Å²) in [5.74, 6) is 0. The van der Waals surface area contributed by atoms with E-state index in [2.05, 4.69) is 52.0 Å². The van der Waals surface area contributed by atoms with E-state index in [-0.39, 0.29) is 0 Å². The molecule has 0 atom stereocenters. The Morgan fingerprint density at radius 3 is 1.69 bits per heavy atom. The highest BCUT2D eigenvalue weighted by atomic mass is 14.0. The van der Waals surface area contributed by atoms with Gasteiger partial charge in [0.2, 0.25) is 0 Å². The lowest BCUT2D eigenvalue weighted by Gasteiger charge is -1.99. The Labute approximate surface area is 103 Å². The lowest BCUT2D eigenvalue weighted by molar-refractivity contribution is 0.795. The molecular formula is C16H30. The van der Waals surface area contributed by atoms with Crippen molar-refractivity contribution in [2.24, 2.45) is 0 Å². The maximum Gasteiger partial charge on any atom is -0.0279 e. The van der Waals surface area contributed by atoms with Crippen molar-refractivity contribution in [3.05, 3.63) is 35.4 Å². The van der Waals surface area contributed by atoms with E-state index in [0.29, 0.717) is 0 Å². The summed E-state index contributed by atoms with van der Waals surface area (Å²) in [7, 11) is 0. The predicted molar refractivity (Wildman–Crippen MR) is 77.1 cm³/mol. The molecule has 0 heterocycles. The van der Waals surface area contributed by atoms with Gasteiger partial charge in [-0.15, -0.1) is 0 Å². The van der Waals surface area contributed by atoms with Crippen molar-refractivity contribution in [1.82, 2.24) is 0 Å². The van der Waals surface area contributed by atoms with Crippen LogP contribution in [-0.2, 0) is 6.42 Å². The summed E-state index contributed by atoms with van der Waals surface area (Å²) in [6, 6.07) is 8.83. The average Bonchev–Trinajstić information content (AvgIpc) is 2.32. The second-order valence-electron chi connectivity index (χ2n) is 3.80. The van der Waals surface area contributed by atoms with E-state index in [1.807, 2.05) is 13.8 Å². The molecule has 0 fully saturated rings. The first-order chi connectivity index (χ1) is 7.74. The van der Waals surface area contributed by atoms with Gasteiger partial charge < -0.3 is 0 Å². The van der Waals surface area contributed by atoms with E-state index in [4.69, 9.17) is 0 Å². The quantitative estimate of drug-likeness (QED) is 0.608. The third-order valence-corrected chi connectivity index (χ3v) is 1.94. The number of unbranched alkanes of at least 4 members (excludes halogenated alkanes) is 1. The smallest absolute Gasteiger partial charge is 0.0279 e. The second kappa shape index (κ2) is 14.2. The minimum Gasteiger partial charge on any atom is -0.0683 e. The zero-order chi connectivity index (χ0) is 12.8. The van der Waals surface area contributed by atoms with Gasteiger partial charge in [0.15, 0.2) is 0 Å². The van der Waals surface area contributed by atoms with Gasteiger partial charge in [-0.25, -0.2) is 0 Å². The molecule has 0 N–H and O–H groups in total. The summed E-state index contributed by atoms with van der Waals surface area (Å²) >= 11 is 0. The van der Waals surface area contributed by atoms with E-state index >= 15 is 0 Å². The van der Waals surface area contributed by atoms with Crippen LogP contribution in [0.15, 0.2) is 24.3 Å². The van der Waals surface area contributed by atoms with Crippen LogP contribution in [0.1, 0.15) is 65.0 Å². The molecule has 1 rings (SSSR count). The predicted octanol–water partition coefficient (Wildman–Crippen LogP) is 5.78. The first-order valence-electron chi connectivity index (χ1n) is 6.80. The van der Waals surface area contributed by atoms with Crippen LogP contribution < -0.4 is 0 Å². The molecule has 0 aliphatic heterocycles. The van der Waals surface area contributed by atoms with Crippen molar-refractivity contribution in [3.8, 4) is 0 Å². The highest BCUT2D eigenvalue weighted by molar-refractivity contribution is 5.21. The number of rotatable bonds is 3. The van der Waals surface area contributed by atoms with Gasteiger partial charge in [0.1, 0.15) is 0 Å². The fraction of sp³-hybridized carbons (Fsp3) is 0.625. The van der Waals surface area contributed by atoms with Crippen LogP contribution in [0.25, 0.3) is 0 Å². The topological polar surface area (TPSA) is 0 Å². The standard InChI is InChI=1S/C11H16.C3H8.C2H6/c1-3-4-5-11-8-6-10(2)7-9-11;1-3-2;1-2/h6-9H,3-5H2,1-2H3;3H2,1-2H3;1-2H3. The highest BCUT2D eigenvalue weighted by Gasteiger charge is 1.90.